The van der Waals surface area contributed by atoms with Crippen molar-refractivity contribution in [2.45, 2.75) is 32.4 Å². The number of pyridine rings is 1. The SMILES string of the molecule is COc1ccccc1NC(=O)CCN1C(=S)N[C@@H](c2ccccn2)[C@H]1c1cc(C)n(-c2cccc(Cl)c2)c1C. The maximum Gasteiger partial charge on any atom is 0.226 e. The number of anilines is 1. The van der Waals surface area contributed by atoms with Gasteiger partial charge in [-0.3, -0.25) is 9.78 Å². The zero-order valence-corrected chi connectivity index (χ0v) is 23.6. The molecule has 1 aliphatic rings. The van der Waals surface area contributed by atoms with Crippen LogP contribution in [-0.2, 0) is 4.79 Å². The maximum atomic E-state index is 13.0. The number of rotatable bonds is 8. The summed E-state index contributed by atoms with van der Waals surface area (Å²) in [4.78, 5) is 19.7. The summed E-state index contributed by atoms with van der Waals surface area (Å²) in [5.41, 5.74) is 5.79. The minimum atomic E-state index is -0.177. The molecule has 200 valence electrons. The molecule has 5 rings (SSSR count). The number of aryl methyl sites for hydroxylation is 1. The average Bonchev–Trinajstić information content (AvgIpc) is 3.42. The van der Waals surface area contributed by atoms with E-state index in [1.807, 2.05) is 66.7 Å². The number of ether oxygens (including phenoxy) is 1. The fourth-order valence-corrected chi connectivity index (χ4v) is 5.78. The van der Waals surface area contributed by atoms with Crippen LogP contribution in [0.2, 0.25) is 5.02 Å². The Morgan fingerprint density at radius 3 is 2.64 bits per heavy atom. The van der Waals surface area contributed by atoms with Gasteiger partial charge < -0.3 is 24.8 Å². The summed E-state index contributed by atoms with van der Waals surface area (Å²) in [6.45, 7) is 4.62. The Morgan fingerprint density at radius 1 is 1.10 bits per heavy atom. The molecule has 0 spiro atoms. The molecule has 0 unspecified atom stereocenters. The highest BCUT2D eigenvalue weighted by Crippen LogP contribution is 2.41. The number of para-hydroxylation sites is 2. The summed E-state index contributed by atoms with van der Waals surface area (Å²) in [5.74, 6) is 0.498. The van der Waals surface area contributed by atoms with Crippen LogP contribution in [0.4, 0.5) is 5.69 Å². The molecule has 9 heteroatoms. The molecule has 1 saturated heterocycles. The van der Waals surface area contributed by atoms with Gasteiger partial charge in [-0.05, 0) is 80.2 Å². The van der Waals surface area contributed by atoms with Crippen LogP contribution in [0, 0.1) is 13.8 Å². The molecule has 0 radical (unpaired) electrons. The van der Waals surface area contributed by atoms with Crippen molar-refractivity contribution in [1.82, 2.24) is 19.8 Å². The molecular formula is C30H30ClN5O2S. The van der Waals surface area contributed by atoms with Gasteiger partial charge in [-0.25, -0.2) is 0 Å². The van der Waals surface area contributed by atoms with E-state index in [9.17, 15) is 4.79 Å². The van der Waals surface area contributed by atoms with E-state index >= 15 is 0 Å². The lowest BCUT2D eigenvalue weighted by Gasteiger charge is -2.28. The Morgan fingerprint density at radius 2 is 1.90 bits per heavy atom. The van der Waals surface area contributed by atoms with Gasteiger partial charge in [0.25, 0.3) is 0 Å². The normalized spacial score (nSPS) is 16.7. The van der Waals surface area contributed by atoms with Crippen molar-refractivity contribution in [3.63, 3.8) is 0 Å². The Hall–Kier alpha value is -3.88. The van der Waals surface area contributed by atoms with Crippen LogP contribution in [0.15, 0.2) is 79.0 Å². The second-order valence-corrected chi connectivity index (χ2v) is 10.3. The summed E-state index contributed by atoms with van der Waals surface area (Å²) < 4.78 is 7.58. The topological polar surface area (TPSA) is 71.4 Å². The van der Waals surface area contributed by atoms with Crippen molar-refractivity contribution < 1.29 is 9.53 Å². The Kier molecular flexibility index (Phi) is 7.86. The third-order valence-electron chi connectivity index (χ3n) is 7.01. The highest BCUT2D eigenvalue weighted by Gasteiger charge is 2.41. The van der Waals surface area contributed by atoms with Crippen LogP contribution >= 0.6 is 23.8 Å². The number of carbonyl (C=O) groups excluding carboxylic acids is 1. The molecule has 7 nitrogen and oxygen atoms in total. The van der Waals surface area contributed by atoms with E-state index in [2.05, 4.69) is 45.0 Å². The number of hydrogen-bond donors (Lipinski definition) is 2. The van der Waals surface area contributed by atoms with Crippen molar-refractivity contribution in [2.24, 2.45) is 0 Å². The second kappa shape index (κ2) is 11.5. The van der Waals surface area contributed by atoms with Crippen LogP contribution < -0.4 is 15.4 Å². The Balaban J connectivity index is 1.47. The fourth-order valence-electron chi connectivity index (χ4n) is 5.27. The van der Waals surface area contributed by atoms with Crippen LogP contribution in [0.3, 0.4) is 0 Å². The first kappa shape index (κ1) is 26.7. The van der Waals surface area contributed by atoms with Gasteiger partial charge in [0.2, 0.25) is 5.91 Å². The van der Waals surface area contributed by atoms with Crippen molar-refractivity contribution in [3.8, 4) is 11.4 Å². The van der Waals surface area contributed by atoms with E-state index in [1.165, 1.54) is 0 Å². The Bertz CT molecular complexity index is 1510. The van der Waals surface area contributed by atoms with Crippen molar-refractivity contribution in [3.05, 3.63) is 107 Å². The lowest BCUT2D eigenvalue weighted by Crippen LogP contribution is -2.33. The predicted octanol–water partition coefficient (Wildman–Crippen LogP) is 6.15. The molecule has 4 aromatic rings. The van der Waals surface area contributed by atoms with E-state index in [0.717, 1.165) is 28.3 Å². The summed E-state index contributed by atoms with van der Waals surface area (Å²) >= 11 is 12.1. The molecule has 2 N–H and O–H groups in total. The lowest BCUT2D eigenvalue weighted by molar-refractivity contribution is -0.116. The molecule has 2 atom stereocenters. The fraction of sp³-hybridized carbons (Fsp3) is 0.233. The van der Waals surface area contributed by atoms with Gasteiger partial charge in [-0.15, -0.1) is 0 Å². The molecule has 1 amide bonds. The zero-order valence-electron chi connectivity index (χ0n) is 22.0. The van der Waals surface area contributed by atoms with Gasteiger partial charge in [0, 0.05) is 41.3 Å². The second-order valence-electron chi connectivity index (χ2n) is 9.46. The smallest absolute Gasteiger partial charge is 0.226 e. The van der Waals surface area contributed by atoms with Gasteiger partial charge in [0.05, 0.1) is 30.6 Å². The Labute approximate surface area is 238 Å². The standard InChI is InChI=1S/C30H30ClN5O2S/c1-19-17-23(20(2)36(19)22-10-8-9-21(31)18-22)29-28(25-12-6-7-15-32-25)34-30(39)35(29)16-14-27(37)33-24-11-4-5-13-26(24)38-3/h4-13,15,17-18,28-29H,14,16H2,1-3H3,(H,33,37)(H,34,39)/t28-,29+/m0/s1. The molecule has 39 heavy (non-hydrogen) atoms. The van der Waals surface area contributed by atoms with E-state index in [4.69, 9.17) is 28.6 Å². The van der Waals surface area contributed by atoms with Gasteiger partial charge >= 0.3 is 0 Å². The van der Waals surface area contributed by atoms with Crippen molar-refractivity contribution in [1.29, 1.82) is 0 Å². The first-order chi connectivity index (χ1) is 18.9. The maximum absolute atomic E-state index is 13.0. The number of amides is 1. The number of nitrogens with one attached hydrogen (secondary N) is 2. The van der Waals surface area contributed by atoms with Crippen molar-refractivity contribution >= 4 is 40.5 Å². The van der Waals surface area contributed by atoms with Crippen LogP contribution in [0.25, 0.3) is 5.69 Å². The van der Waals surface area contributed by atoms with E-state index < -0.39 is 0 Å². The molecule has 3 heterocycles. The molecule has 1 aliphatic heterocycles. The number of aromatic nitrogens is 2. The monoisotopic (exact) mass is 559 g/mol. The highest BCUT2D eigenvalue weighted by molar-refractivity contribution is 7.80. The number of halogens is 1. The van der Waals surface area contributed by atoms with Crippen molar-refractivity contribution in [2.75, 3.05) is 19.0 Å². The molecule has 0 saturated carbocycles. The number of benzene rings is 2. The number of nitrogens with zero attached hydrogens (tertiary/aromatic N) is 3. The lowest BCUT2D eigenvalue weighted by atomic mass is 9.96. The molecule has 0 bridgehead atoms. The molecular weight excluding hydrogens is 530 g/mol. The van der Waals surface area contributed by atoms with Crippen LogP contribution in [0.1, 0.15) is 41.1 Å². The predicted molar refractivity (Wildman–Crippen MR) is 159 cm³/mol. The largest absolute Gasteiger partial charge is 0.495 e. The van der Waals surface area contributed by atoms with E-state index in [1.54, 1.807) is 13.3 Å². The summed E-state index contributed by atoms with van der Waals surface area (Å²) in [7, 11) is 1.58. The number of methoxy groups -OCH3 is 1. The van der Waals surface area contributed by atoms with Crippen LogP contribution in [-0.4, -0.2) is 39.1 Å². The van der Waals surface area contributed by atoms with E-state index in [0.29, 0.717) is 28.1 Å². The van der Waals surface area contributed by atoms with Gasteiger partial charge in [-0.2, -0.15) is 0 Å². The van der Waals surface area contributed by atoms with E-state index in [-0.39, 0.29) is 24.4 Å². The first-order valence-corrected chi connectivity index (χ1v) is 13.5. The highest BCUT2D eigenvalue weighted by atomic mass is 35.5. The van der Waals surface area contributed by atoms with Crippen LogP contribution in [0.5, 0.6) is 5.75 Å². The zero-order chi connectivity index (χ0) is 27.5. The first-order valence-electron chi connectivity index (χ1n) is 12.7. The third-order valence-corrected chi connectivity index (χ3v) is 7.60. The third kappa shape index (κ3) is 5.48. The minimum absolute atomic E-state index is 0.119. The number of thiocarbonyl (C=S) groups is 1. The summed E-state index contributed by atoms with van der Waals surface area (Å²) in [6.07, 6.45) is 2.04. The molecule has 2 aromatic carbocycles. The minimum Gasteiger partial charge on any atom is -0.495 e. The summed E-state index contributed by atoms with van der Waals surface area (Å²) in [5, 5.41) is 7.71. The molecule has 0 aliphatic carbocycles. The van der Waals surface area contributed by atoms with Gasteiger partial charge in [0.15, 0.2) is 5.11 Å². The summed E-state index contributed by atoms with van der Waals surface area (Å²) in [6, 6.07) is 22.9. The van der Waals surface area contributed by atoms with Gasteiger partial charge in [0.1, 0.15) is 5.75 Å². The number of hydrogen-bond acceptors (Lipinski definition) is 4. The quantitative estimate of drug-likeness (QED) is 0.252. The molecule has 1 fully saturated rings. The molecule has 2 aromatic heterocycles. The average molecular weight is 560 g/mol. The van der Waals surface area contributed by atoms with Gasteiger partial charge in [-0.1, -0.05) is 35.9 Å². The number of carbonyl (C=O) groups is 1.